The van der Waals surface area contributed by atoms with Crippen molar-refractivity contribution in [1.82, 2.24) is 19.9 Å². The molecule has 0 atom stereocenters. The molecule has 0 aliphatic heterocycles. The van der Waals surface area contributed by atoms with Gasteiger partial charge < -0.3 is 0 Å². The summed E-state index contributed by atoms with van der Waals surface area (Å²) in [4.78, 5) is 19.4. The summed E-state index contributed by atoms with van der Waals surface area (Å²) in [7, 11) is 0. The first kappa shape index (κ1) is 14.7. The minimum atomic E-state index is 0.739. The molecular weight excluding hydrogens is 380 g/mol. The first-order valence-corrected chi connectivity index (χ1v) is 10.5. The Balaban J connectivity index is 1.72. The molecule has 0 saturated heterocycles. The maximum atomic E-state index is 4.96. The Morgan fingerprint density at radius 3 is 2.19 bits per heavy atom. The van der Waals surface area contributed by atoms with Gasteiger partial charge in [-0.25, -0.2) is 19.9 Å². The Morgan fingerprint density at radius 1 is 0.581 bits per heavy atom. The predicted octanol–water partition coefficient (Wildman–Crippen LogP) is 6.22. The summed E-state index contributed by atoms with van der Waals surface area (Å²) in [6, 6.07) is 13.4. The van der Waals surface area contributed by atoms with Crippen LogP contribution in [0.15, 0.2) is 54.9 Å². The van der Waals surface area contributed by atoms with Gasteiger partial charge in [0.1, 0.15) is 0 Å². The number of pyridine rings is 4. The number of allylic oxidation sites excluding steroid dienone is 1. The molecule has 140 valence electrons. The maximum absolute atomic E-state index is 4.96. The van der Waals surface area contributed by atoms with Crippen molar-refractivity contribution in [2.75, 3.05) is 0 Å². The molecule has 0 amide bonds. The van der Waals surface area contributed by atoms with Gasteiger partial charge in [-0.15, -0.1) is 0 Å². The van der Waals surface area contributed by atoms with Crippen molar-refractivity contribution in [3.8, 4) is 0 Å². The van der Waals surface area contributed by atoms with E-state index in [1.165, 1.54) is 54.2 Å². The summed E-state index contributed by atoms with van der Waals surface area (Å²) in [5.41, 5.74) is 4.81. The molecule has 4 aromatic heterocycles. The van der Waals surface area contributed by atoms with E-state index in [0.29, 0.717) is 0 Å². The van der Waals surface area contributed by atoms with Crippen LogP contribution in [-0.2, 0) is 6.42 Å². The van der Waals surface area contributed by atoms with E-state index in [4.69, 9.17) is 19.9 Å². The normalized spacial score (nSPS) is 14.2. The Labute approximate surface area is 174 Å². The summed E-state index contributed by atoms with van der Waals surface area (Å²) < 4.78 is 0. The van der Waals surface area contributed by atoms with Gasteiger partial charge in [0, 0.05) is 50.1 Å². The SMILES string of the molecule is C1=Cc2cc3cc4cc5cccc6cnc7nc8nc9ncc(c2c9c3c8c4c7c65)C1. The highest BCUT2D eigenvalue weighted by Crippen LogP contribution is 2.47. The van der Waals surface area contributed by atoms with Crippen molar-refractivity contribution in [2.24, 2.45) is 0 Å². The number of nitrogens with zero attached hydrogens (tertiary/aromatic N) is 4. The second-order valence-corrected chi connectivity index (χ2v) is 8.70. The quantitative estimate of drug-likeness (QED) is 0.227. The molecule has 0 fully saturated rings. The fourth-order valence-corrected chi connectivity index (χ4v) is 5.98. The fraction of sp³-hybridized carbons (Fsp3) is 0.0370. The van der Waals surface area contributed by atoms with E-state index in [1.54, 1.807) is 0 Å². The van der Waals surface area contributed by atoms with Crippen molar-refractivity contribution in [3.05, 3.63) is 66.0 Å². The summed E-state index contributed by atoms with van der Waals surface area (Å²) in [6.07, 6.45) is 9.28. The molecule has 1 aliphatic carbocycles. The van der Waals surface area contributed by atoms with Crippen LogP contribution in [0.3, 0.4) is 0 Å². The smallest absolute Gasteiger partial charge is 0.165 e. The van der Waals surface area contributed by atoms with Crippen LogP contribution in [0.4, 0.5) is 0 Å². The first-order chi connectivity index (χ1) is 15.3. The van der Waals surface area contributed by atoms with Gasteiger partial charge >= 0.3 is 0 Å². The molecule has 1 aliphatic rings. The van der Waals surface area contributed by atoms with Gasteiger partial charge in [-0.05, 0) is 57.3 Å². The van der Waals surface area contributed by atoms with Gasteiger partial charge in [-0.3, -0.25) is 0 Å². The topological polar surface area (TPSA) is 51.6 Å². The van der Waals surface area contributed by atoms with Crippen LogP contribution in [-0.4, -0.2) is 19.9 Å². The number of hydrogen-bond acceptors (Lipinski definition) is 4. The van der Waals surface area contributed by atoms with Gasteiger partial charge in [0.25, 0.3) is 0 Å². The van der Waals surface area contributed by atoms with Crippen LogP contribution in [0, 0.1) is 0 Å². The van der Waals surface area contributed by atoms with Crippen LogP contribution >= 0.6 is 0 Å². The predicted molar refractivity (Wildman–Crippen MR) is 126 cm³/mol. The van der Waals surface area contributed by atoms with Gasteiger partial charge in [-0.2, -0.15) is 0 Å². The summed E-state index contributed by atoms with van der Waals surface area (Å²) in [6.45, 7) is 0. The average molecular weight is 392 g/mol. The Hall–Kier alpha value is -4.18. The Kier molecular flexibility index (Phi) is 2.19. The van der Waals surface area contributed by atoms with Crippen LogP contribution < -0.4 is 0 Å². The van der Waals surface area contributed by atoms with Gasteiger partial charge in [0.2, 0.25) is 0 Å². The molecular formula is C27H12N4. The largest absolute Gasteiger partial charge is 0.236 e. The van der Waals surface area contributed by atoms with Gasteiger partial charge in [0.15, 0.2) is 16.9 Å². The van der Waals surface area contributed by atoms with E-state index in [-0.39, 0.29) is 0 Å². The van der Waals surface area contributed by atoms with Gasteiger partial charge in [-0.1, -0.05) is 30.4 Å². The minimum Gasteiger partial charge on any atom is -0.236 e. The monoisotopic (exact) mass is 392 g/mol. The highest BCUT2D eigenvalue weighted by atomic mass is 14.9. The lowest BCUT2D eigenvalue weighted by Gasteiger charge is -2.21. The third kappa shape index (κ3) is 1.53. The van der Waals surface area contributed by atoms with Crippen molar-refractivity contribution in [1.29, 1.82) is 0 Å². The average Bonchev–Trinajstić information content (AvgIpc) is 2.80. The molecule has 9 rings (SSSR count). The van der Waals surface area contributed by atoms with Crippen molar-refractivity contribution < 1.29 is 0 Å². The van der Waals surface area contributed by atoms with E-state index >= 15 is 0 Å². The maximum Gasteiger partial charge on any atom is 0.165 e. The van der Waals surface area contributed by atoms with E-state index in [0.717, 1.165) is 39.5 Å². The summed E-state index contributed by atoms with van der Waals surface area (Å²) in [5.74, 6) is 0. The summed E-state index contributed by atoms with van der Waals surface area (Å²) >= 11 is 0. The van der Waals surface area contributed by atoms with E-state index < -0.39 is 0 Å². The lowest BCUT2D eigenvalue weighted by atomic mass is 9.85. The van der Waals surface area contributed by atoms with Crippen LogP contribution in [0.2, 0.25) is 0 Å². The number of benzene rings is 4. The molecule has 4 nitrogen and oxygen atoms in total. The van der Waals surface area contributed by atoms with Gasteiger partial charge in [0.05, 0.1) is 0 Å². The fourth-order valence-electron chi connectivity index (χ4n) is 5.98. The molecule has 31 heavy (non-hydrogen) atoms. The van der Waals surface area contributed by atoms with E-state index in [9.17, 15) is 0 Å². The minimum absolute atomic E-state index is 0.739. The third-order valence-corrected chi connectivity index (χ3v) is 7.15. The molecule has 0 N–H and O–H groups in total. The van der Waals surface area contributed by atoms with Crippen molar-refractivity contribution in [2.45, 2.75) is 6.42 Å². The number of aromatic nitrogens is 4. The highest BCUT2D eigenvalue weighted by molar-refractivity contribution is 6.40. The van der Waals surface area contributed by atoms with Crippen LogP contribution in [0.1, 0.15) is 11.1 Å². The zero-order valence-electron chi connectivity index (χ0n) is 16.3. The van der Waals surface area contributed by atoms with E-state index in [2.05, 4.69) is 48.6 Å². The zero-order valence-corrected chi connectivity index (χ0v) is 16.3. The molecule has 0 saturated carbocycles. The molecule has 8 aromatic rings. The molecule has 4 aromatic carbocycles. The molecule has 0 bridgehead atoms. The molecule has 0 unspecified atom stereocenters. The Morgan fingerprint density at radius 2 is 1.29 bits per heavy atom. The lowest BCUT2D eigenvalue weighted by Crippen LogP contribution is -2.02. The van der Waals surface area contributed by atoms with E-state index in [1.807, 2.05) is 12.4 Å². The Bertz CT molecular complexity index is 2070. The van der Waals surface area contributed by atoms with Crippen molar-refractivity contribution >= 4 is 82.3 Å². The highest BCUT2D eigenvalue weighted by Gasteiger charge is 2.24. The van der Waals surface area contributed by atoms with Crippen LogP contribution in [0.5, 0.6) is 0 Å². The number of hydrogen-bond donors (Lipinski definition) is 0. The second kappa shape index (κ2) is 4.60. The first-order valence-electron chi connectivity index (χ1n) is 10.5. The molecule has 0 radical (unpaired) electrons. The zero-order chi connectivity index (χ0) is 19.8. The summed E-state index contributed by atoms with van der Waals surface area (Å²) in [5, 5.41) is 13.3. The third-order valence-electron chi connectivity index (χ3n) is 7.15. The standard InChI is InChI=1S/C27H12N4/c1-3-12-7-16-9-17-8-13-4-2-6-15-11-29-26-23(19(13)15)21(17)24-20(16)22-18(12)14(5-1)10-28-25(22)30-27(24)31-26/h1-5,7-11H,6H2. The second-order valence-electron chi connectivity index (χ2n) is 8.70. The van der Waals surface area contributed by atoms with Crippen LogP contribution in [0.25, 0.3) is 82.3 Å². The number of rotatable bonds is 0. The lowest BCUT2D eigenvalue weighted by molar-refractivity contribution is 1.21. The van der Waals surface area contributed by atoms with Crippen molar-refractivity contribution in [3.63, 3.8) is 0 Å². The molecule has 4 heterocycles. The molecule has 4 heteroatoms. The molecule has 0 spiro atoms.